The topological polar surface area (TPSA) is 37.3 Å². The molecule has 1 aromatic heterocycles. The minimum absolute atomic E-state index is 0.428. The van der Waals surface area contributed by atoms with Gasteiger partial charge in [-0.05, 0) is 36.3 Å². The first-order chi connectivity index (χ1) is 6.70. The highest BCUT2D eigenvalue weighted by atomic mass is 32.1. The Labute approximate surface area is 85.4 Å². The van der Waals surface area contributed by atoms with Crippen LogP contribution >= 0.6 is 11.3 Å². The summed E-state index contributed by atoms with van der Waals surface area (Å²) in [5.41, 5.74) is 0.913. The SMILES string of the molecule is O=C(O)C(F)C1CCCc2sccc21. The van der Waals surface area contributed by atoms with Crippen molar-refractivity contribution in [1.82, 2.24) is 0 Å². The third kappa shape index (κ3) is 1.54. The Kier molecular flexibility index (Phi) is 2.54. The average Bonchev–Trinajstić information content (AvgIpc) is 2.63. The highest BCUT2D eigenvalue weighted by molar-refractivity contribution is 7.10. The van der Waals surface area contributed by atoms with Gasteiger partial charge in [-0.2, -0.15) is 0 Å². The van der Waals surface area contributed by atoms with E-state index in [0.29, 0.717) is 6.42 Å². The van der Waals surface area contributed by atoms with Crippen molar-refractivity contribution in [2.45, 2.75) is 31.4 Å². The summed E-state index contributed by atoms with van der Waals surface area (Å²) in [5, 5.41) is 10.5. The van der Waals surface area contributed by atoms with Crippen molar-refractivity contribution >= 4 is 17.3 Å². The molecule has 0 aliphatic heterocycles. The van der Waals surface area contributed by atoms with E-state index >= 15 is 0 Å². The van der Waals surface area contributed by atoms with Gasteiger partial charge < -0.3 is 5.11 Å². The molecule has 0 aromatic carbocycles. The van der Waals surface area contributed by atoms with Crippen molar-refractivity contribution in [2.24, 2.45) is 0 Å². The van der Waals surface area contributed by atoms with Crippen LogP contribution in [0.1, 0.15) is 29.2 Å². The van der Waals surface area contributed by atoms with Gasteiger partial charge in [-0.15, -0.1) is 11.3 Å². The summed E-state index contributed by atoms with van der Waals surface area (Å²) in [6.45, 7) is 0. The molecule has 0 saturated carbocycles. The maximum Gasteiger partial charge on any atom is 0.338 e. The molecular formula is C10H11FO2S. The Morgan fingerprint density at radius 2 is 2.50 bits per heavy atom. The lowest BCUT2D eigenvalue weighted by Gasteiger charge is -2.23. The Morgan fingerprint density at radius 1 is 1.71 bits per heavy atom. The van der Waals surface area contributed by atoms with Gasteiger partial charge in [-0.1, -0.05) is 0 Å². The van der Waals surface area contributed by atoms with Crippen LogP contribution in [0.2, 0.25) is 0 Å². The van der Waals surface area contributed by atoms with Gasteiger partial charge in [0.15, 0.2) is 0 Å². The summed E-state index contributed by atoms with van der Waals surface area (Å²) in [4.78, 5) is 11.7. The largest absolute Gasteiger partial charge is 0.479 e. The first-order valence-corrected chi connectivity index (χ1v) is 5.51. The van der Waals surface area contributed by atoms with Crippen LogP contribution in [-0.4, -0.2) is 17.2 Å². The predicted molar refractivity (Wildman–Crippen MR) is 52.5 cm³/mol. The number of thiophene rings is 1. The third-order valence-corrected chi connectivity index (χ3v) is 3.68. The van der Waals surface area contributed by atoms with Gasteiger partial charge in [-0.3, -0.25) is 0 Å². The molecule has 2 atom stereocenters. The molecule has 0 radical (unpaired) electrons. The van der Waals surface area contributed by atoms with Crippen molar-refractivity contribution in [3.8, 4) is 0 Å². The number of hydrogen-bond donors (Lipinski definition) is 1. The van der Waals surface area contributed by atoms with Gasteiger partial charge >= 0.3 is 5.97 Å². The van der Waals surface area contributed by atoms with Crippen LogP contribution in [0, 0.1) is 0 Å². The van der Waals surface area contributed by atoms with Crippen molar-refractivity contribution in [1.29, 1.82) is 0 Å². The van der Waals surface area contributed by atoms with E-state index in [2.05, 4.69) is 0 Å². The quantitative estimate of drug-likeness (QED) is 0.821. The number of alkyl halides is 1. The molecule has 4 heteroatoms. The zero-order chi connectivity index (χ0) is 10.1. The van der Waals surface area contributed by atoms with Crippen LogP contribution in [0.4, 0.5) is 4.39 Å². The summed E-state index contributed by atoms with van der Waals surface area (Å²) in [5.74, 6) is -1.77. The average molecular weight is 214 g/mol. The van der Waals surface area contributed by atoms with E-state index < -0.39 is 18.1 Å². The lowest BCUT2D eigenvalue weighted by Crippen LogP contribution is -2.25. The number of aryl methyl sites for hydroxylation is 1. The molecular weight excluding hydrogens is 203 g/mol. The van der Waals surface area contributed by atoms with E-state index in [-0.39, 0.29) is 0 Å². The molecule has 1 heterocycles. The van der Waals surface area contributed by atoms with E-state index in [1.807, 2.05) is 11.4 Å². The van der Waals surface area contributed by atoms with Crippen LogP contribution in [0.25, 0.3) is 0 Å². The molecule has 1 aromatic rings. The summed E-state index contributed by atoms with van der Waals surface area (Å²) < 4.78 is 13.4. The Hall–Kier alpha value is -0.900. The molecule has 1 N–H and O–H groups in total. The van der Waals surface area contributed by atoms with E-state index in [0.717, 1.165) is 23.3 Å². The molecule has 0 fully saturated rings. The first-order valence-electron chi connectivity index (χ1n) is 4.63. The standard InChI is InChI=1S/C10H11FO2S/c11-9(10(12)13)7-2-1-3-8-6(7)4-5-14-8/h4-5,7,9H,1-3H2,(H,12,13). The van der Waals surface area contributed by atoms with Gasteiger partial charge in [0.2, 0.25) is 6.17 Å². The molecule has 0 bridgehead atoms. The maximum atomic E-state index is 13.4. The second-order valence-corrected chi connectivity index (χ2v) is 4.54. The number of rotatable bonds is 2. The summed E-state index contributed by atoms with van der Waals surface area (Å²) >= 11 is 1.60. The molecule has 1 aliphatic carbocycles. The molecule has 0 spiro atoms. The number of hydrogen-bond acceptors (Lipinski definition) is 2. The van der Waals surface area contributed by atoms with E-state index in [1.165, 1.54) is 0 Å². The summed E-state index contributed by atoms with van der Waals surface area (Å²) in [6.07, 6.45) is 0.766. The lowest BCUT2D eigenvalue weighted by molar-refractivity contribution is -0.143. The first kappa shape index (κ1) is 9.65. The highest BCUT2D eigenvalue weighted by Gasteiger charge is 2.33. The normalized spacial score (nSPS) is 22.8. The monoisotopic (exact) mass is 214 g/mol. The Bertz CT molecular complexity index is 348. The molecule has 1 aliphatic rings. The van der Waals surface area contributed by atoms with E-state index in [1.54, 1.807) is 11.3 Å². The molecule has 14 heavy (non-hydrogen) atoms. The molecule has 0 amide bonds. The van der Waals surface area contributed by atoms with Crippen LogP contribution in [0.15, 0.2) is 11.4 Å². The fourth-order valence-electron chi connectivity index (χ4n) is 2.00. The van der Waals surface area contributed by atoms with Crippen LogP contribution in [0.3, 0.4) is 0 Å². The number of fused-ring (bicyclic) bond motifs is 1. The number of halogens is 1. The van der Waals surface area contributed by atoms with Crippen molar-refractivity contribution < 1.29 is 14.3 Å². The second kappa shape index (κ2) is 3.69. The van der Waals surface area contributed by atoms with Gasteiger partial charge in [0, 0.05) is 10.8 Å². The molecule has 76 valence electrons. The zero-order valence-corrected chi connectivity index (χ0v) is 8.39. The minimum atomic E-state index is -1.75. The lowest BCUT2D eigenvalue weighted by atomic mass is 9.84. The molecule has 2 nitrogen and oxygen atoms in total. The number of carboxylic acid groups (broad SMARTS) is 1. The van der Waals surface area contributed by atoms with E-state index in [4.69, 9.17) is 5.11 Å². The van der Waals surface area contributed by atoms with Gasteiger partial charge in [-0.25, -0.2) is 9.18 Å². The van der Waals surface area contributed by atoms with Gasteiger partial charge in [0.05, 0.1) is 0 Å². The fourth-order valence-corrected chi connectivity index (χ4v) is 2.99. The Morgan fingerprint density at radius 3 is 3.21 bits per heavy atom. The minimum Gasteiger partial charge on any atom is -0.479 e. The second-order valence-electron chi connectivity index (χ2n) is 3.54. The van der Waals surface area contributed by atoms with Crippen molar-refractivity contribution in [2.75, 3.05) is 0 Å². The number of aliphatic carboxylic acids is 1. The van der Waals surface area contributed by atoms with Crippen molar-refractivity contribution in [3.63, 3.8) is 0 Å². The molecule has 0 saturated heterocycles. The number of carboxylic acids is 1. The smallest absolute Gasteiger partial charge is 0.338 e. The van der Waals surface area contributed by atoms with Gasteiger partial charge in [0.1, 0.15) is 0 Å². The van der Waals surface area contributed by atoms with Crippen LogP contribution in [-0.2, 0) is 11.2 Å². The molecule has 2 rings (SSSR count). The zero-order valence-electron chi connectivity index (χ0n) is 7.57. The fraction of sp³-hybridized carbons (Fsp3) is 0.500. The third-order valence-electron chi connectivity index (χ3n) is 2.69. The van der Waals surface area contributed by atoms with E-state index in [9.17, 15) is 9.18 Å². The Balaban J connectivity index is 2.28. The molecule has 2 unspecified atom stereocenters. The van der Waals surface area contributed by atoms with Crippen molar-refractivity contribution in [3.05, 3.63) is 21.9 Å². The van der Waals surface area contributed by atoms with Crippen LogP contribution < -0.4 is 0 Å². The predicted octanol–water partition coefficient (Wildman–Crippen LogP) is 2.59. The number of carbonyl (C=O) groups is 1. The highest BCUT2D eigenvalue weighted by Crippen LogP contribution is 2.37. The summed E-state index contributed by atoms with van der Waals surface area (Å²) in [7, 11) is 0. The summed E-state index contributed by atoms with van der Waals surface area (Å²) in [6, 6.07) is 1.86. The maximum absolute atomic E-state index is 13.4. The van der Waals surface area contributed by atoms with Crippen LogP contribution in [0.5, 0.6) is 0 Å². The van der Waals surface area contributed by atoms with Gasteiger partial charge in [0.25, 0.3) is 0 Å².